The molecule has 6 heteroatoms. The first-order chi connectivity index (χ1) is 12.3. The fourth-order valence-corrected chi connectivity index (χ4v) is 3.25. The van der Waals surface area contributed by atoms with Gasteiger partial charge in [0, 0.05) is 11.9 Å². The fraction of sp³-hybridized carbons (Fsp3) is 0.316. The number of nitrogens with one attached hydrogen (secondary N) is 2. The predicted octanol–water partition coefficient (Wildman–Crippen LogP) is 3.78. The summed E-state index contributed by atoms with van der Waals surface area (Å²) < 4.78 is 5.89. The van der Waals surface area contributed by atoms with Crippen LogP contribution in [0.3, 0.4) is 0 Å². The van der Waals surface area contributed by atoms with Gasteiger partial charge < -0.3 is 10.1 Å². The molecule has 1 saturated carbocycles. The molecule has 0 unspecified atom stereocenters. The van der Waals surface area contributed by atoms with Crippen LogP contribution in [0.25, 0.3) is 10.9 Å². The van der Waals surface area contributed by atoms with Gasteiger partial charge in [-0.3, -0.25) is 14.9 Å². The lowest BCUT2D eigenvalue weighted by Crippen LogP contribution is -2.13. The van der Waals surface area contributed by atoms with Gasteiger partial charge in [0.1, 0.15) is 5.69 Å². The van der Waals surface area contributed by atoms with Gasteiger partial charge in [-0.05, 0) is 49.1 Å². The van der Waals surface area contributed by atoms with Crippen LogP contribution in [-0.2, 0) is 0 Å². The zero-order valence-electron chi connectivity index (χ0n) is 13.9. The number of ether oxygens (including phenoxy) is 1. The molecule has 2 aromatic heterocycles. The Bertz CT molecular complexity index is 870. The zero-order chi connectivity index (χ0) is 17.1. The number of carbonyl (C=O) groups excluding carboxylic acids is 1. The number of amides is 1. The van der Waals surface area contributed by atoms with Gasteiger partial charge >= 0.3 is 0 Å². The molecule has 6 nitrogen and oxygen atoms in total. The van der Waals surface area contributed by atoms with Gasteiger partial charge in [0.05, 0.1) is 17.5 Å². The Hall–Kier alpha value is -2.89. The standard InChI is InChI=1S/C19H20N4O2/c24-18(16-7-3-4-10-20-16)21-14-8-9-15-17(11-14)22-23-19(15)25-12-13-5-1-2-6-13/h3-4,7-11,13H,1-2,5-6,12H2,(H,21,24)(H,22,23). The number of pyridine rings is 1. The highest BCUT2D eigenvalue weighted by molar-refractivity contribution is 6.03. The lowest BCUT2D eigenvalue weighted by atomic mass is 10.1. The summed E-state index contributed by atoms with van der Waals surface area (Å²) in [5.41, 5.74) is 1.90. The number of nitrogens with zero attached hydrogens (tertiary/aromatic N) is 2. The van der Waals surface area contributed by atoms with Gasteiger partial charge in [-0.2, -0.15) is 0 Å². The van der Waals surface area contributed by atoms with Gasteiger partial charge in [0.25, 0.3) is 5.91 Å². The molecule has 1 aliphatic rings. The maximum absolute atomic E-state index is 12.2. The predicted molar refractivity (Wildman–Crippen MR) is 95.7 cm³/mol. The van der Waals surface area contributed by atoms with Crippen molar-refractivity contribution >= 4 is 22.5 Å². The first kappa shape index (κ1) is 15.6. The van der Waals surface area contributed by atoms with E-state index in [0.29, 0.717) is 23.2 Å². The van der Waals surface area contributed by atoms with Crippen molar-refractivity contribution in [1.82, 2.24) is 15.2 Å². The Morgan fingerprint density at radius 3 is 2.92 bits per heavy atom. The highest BCUT2D eigenvalue weighted by atomic mass is 16.5. The highest BCUT2D eigenvalue weighted by Gasteiger charge is 2.17. The molecule has 1 amide bonds. The van der Waals surface area contributed by atoms with E-state index in [4.69, 9.17) is 4.74 Å². The molecule has 0 saturated heterocycles. The Kier molecular flexibility index (Phi) is 4.33. The number of aromatic amines is 1. The molecule has 0 aliphatic heterocycles. The number of benzene rings is 1. The van der Waals surface area contributed by atoms with Crippen LogP contribution in [0.5, 0.6) is 5.88 Å². The normalized spacial score (nSPS) is 14.7. The number of rotatable bonds is 5. The second kappa shape index (κ2) is 6.93. The Morgan fingerprint density at radius 2 is 2.12 bits per heavy atom. The van der Waals surface area contributed by atoms with Crippen molar-refractivity contribution in [3.05, 3.63) is 48.3 Å². The average molecular weight is 336 g/mol. The largest absolute Gasteiger partial charge is 0.476 e. The quantitative estimate of drug-likeness (QED) is 0.743. The molecule has 4 rings (SSSR count). The Labute approximate surface area is 145 Å². The molecule has 25 heavy (non-hydrogen) atoms. The van der Waals surface area contributed by atoms with Crippen LogP contribution in [0.1, 0.15) is 36.2 Å². The van der Waals surface area contributed by atoms with E-state index in [-0.39, 0.29) is 5.91 Å². The first-order valence-corrected chi connectivity index (χ1v) is 8.63. The number of hydrogen-bond acceptors (Lipinski definition) is 4. The van der Waals surface area contributed by atoms with E-state index in [1.807, 2.05) is 18.2 Å². The summed E-state index contributed by atoms with van der Waals surface area (Å²) >= 11 is 0. The monoisotopic (exact) mass is 336 g/mol. The number of fused-ring (bicyclic) bond motifs is 1. The summed E-state index contributed by atoms with van der Waals surface area (Å²) in [6.07, 6.45) is 6.68. The highest BCUT2D eigenvalue weighted by Crippen LogP contribution is 2.29. The Balaban J connectivity index is 1.46. The minimum atomic E-state index is -0.239. The van der Waals surface area contributed by atoms with Gasteiger partial charge in [-0.25, -0.2) is 0 Å². The first-order valence-electron chi connectivity index (χ1n) is 8.63. The fourth-order valence-electron chi connectivity index (χ4n) is 3.25. The van der Waals surface area contributed by atoms with Crippen molar-refractivity contribution in [2.24, 2.45) is 5.92 Å². The molecule has 3 aromatic rings. The van der Waals surface area contributed by atoms with Gasteiger partial charge in [-0.1, -0.05) is 18.9 Å². The van der Waals surface area contributed by atoms with Gasteiger partial charge in [0.2, 0.25) is 5.88 Å². The van der Waals surface area contributed by atoms with E-state index in [1.54, 1.807) is 24.4 Å². The smallest absolute Gasteiger partial charge is 0.274 e. The van der Waals surface area contributed by atoms with Gasteiger partial charge in [-0.15, -0.1) is 5.10 Å². The molecule has 0 radical (unpaired) electrons. The van der Waals surface area contributed by atoms with E-state index in [0.717, 1.165) is 17.5 Å². The topological polar surface area (TPSA) is 79.9 Å². The summed E-state index contributed by atoms with van der Waals surface area (Å²) in [5, 5.41) is 11.0. The molecular formula is C19H20N4O2. The summed E-state index contributed by atoms with van der Waals surface area (Å²) in [7, 11) is 0. The molecule has 1 aromatic carbocycles. The second-order valence-electron chi connectivity index (χ2n) is 6.42. The van der Waals surface area contributed by atoms with Crippen LogP contribution in [0.2, 0.25) is 0 Å². The Morgan fingerprint density at radius 1 is 1.24 bits per heavy atom. The third-order valence-electron chi connectivity index (χ3n) is 4.61. The van der Waals surface area contributed by atoms with Crippen LogP contribution in [-0.4, -0.2) is 27.7 Å². The van der Waals surface area contributed by atoms with E-state index < -0.39 is 0 Å². The molecular weight excluding hydrogens is 316 g/mol. The number of hydrogen-bond donors (Lipinski definition) is 2. The lowest BCUT2D eigenvalue weighted by Gasteiger charge is -2.09. The SMILES string of the molecule is O=C(Nc1ccc2c(OCC3CCCC3)n[nH]c2c1)c1ccccn1. The molecule has 128 valence electrons. The summed E-state index contributed by atoms with van der Waals surface area (Å²) in [5.74, 6) is 1.03. The number of aromatic nitrogens is 3. The number of anilines is 1. The van der Waals surface area contributed by atoms with Crippen LogP contribution in [0.15, 0.2) is 42.6 Å². The zero-order valence-corrected chi connectivity index (χ0v) is 13.9. The van der Waals surface area contributed by atoms with Crippen molar-refractivity contribution < 1.29 is 9.53 Å². The maximum atomic E-state index is 12.2. The number of carbonyl (C=O) groups is 1. The van der Waals surface area contributed by atoms with E-state index >= 15 is 0 Å². The van der Waals surface area contributed by atoms with Crippen LogP contribution >= 0.6 is 0 Å². The van der Waals surface area contributed by atoms with Crippen LogP contribution in [0, 0.1) is 5.92 Å². The van der Waals surface area contributed by atoms with Crippen molar-refractivity contribution in [3.8, 4) is 5.88 Å². The summed E-state index contributed by atoms with van der Waals surface area (Å²) in [4.78, 5) is 16.2. The minimum Gasteiger partial charge on any atom is -0.476 e. The molecule has 1 aliphatic carbocycles. The van der Waals surface area contributed by atoms with Crippen LogP contribution in [0.4, 0.5) is 5.69 Å². The third kappa shape index (κ3) is 3.47. The maximum Gasteiger partial charge on any atom is 0.274 e. The third-order valence-corrected chi connectivity index (χ3v) is 4.61. The molecule has 2 heterocycles. The van der Waals surface area contributed by atoms with E-state index in [9.17, 15) is 4.79 Å². The lowest BCUT2D eigenvalue weighted by molar-refractivity contribution is 0.102. The van der Waals surface area contributed by atoms with E-state index in [2.05, 4.69) is 20.5 Å². The molecule has 0 atom stereocenters. The van der Waals surface area contributed by atoms with Crippen molar-refractivity contribution in [1.29, 1.82) is 0 Å². The molecule has 0 spiro atoms. The van der Waals surface area contributed by atoms with Crippen LogP contribution < -0.4 is 10.1 Å². The number of H-pyrrole nitrogens is 1. The average Bonchev–Trinajstić information content (AvgIpc) is 3.30. The van der Waals surface area contributed by atoms with Crippen molar-refractivity contribution in [3.63, 3.8) is 0 Å². The minimum absolute atomic E-state index is 0.239. The van der Waals surface area contributed by atoms with Crippen molar-refractivity contribution in [2.75, 3.05) is 11.9 Å². The van der Waals surface area contributed by atoms with E-state index in [1.165, 1.54) is 25.7 Å². The summed E-state index contributed by atoms with van der Waals surface area (Å²) in [6, 6.07) is 10.9. The van der Waals surface area contributed by atoms with Gasteiger partial charge in [0.15, 0.2) is 0 Å². The molecule has 0 bridgehead atoms. The second-order valence-corrected chi connectivity index (χ2v) is 6.42. The van der Waals surface area contributed by atoms with Crippen molar-refractivity contribution in [2.45, 2.75) is 25.7 Å². The summed E-state index contributed by atoms with van der Waals surface area (Å²) in [6.45, 7) is 0.720. The molecule has 2 N–H and O–H groups in total. The molecule has 1 fully saturated rings.